The Kier molecular flexibility index (Phi) is 11.6. The zero-order chi connectivity index (χ0) is 11.7. The molecule has 4 nitrogen and oxygen atoms in total. The Morgan fingerprint density at radius 3 is 1.94 bits per heavy atom. The van der Waals surface area contributed by atoms with Gasteiger partial charge in [0.25, 0.3) is 0 Å². The van der Waals surface area contributed by atoms with Crippen LogP contribution >= 0.6 is 24.0 Å². The molecule has 0 rings (SSSR count). The second kappa shape index (κ2) is 10.1. The highest BCUT2D eigenvalue weighted by Gasteiger charge is 2.06. The molecular formula is C11H27IN4. The maximum atomic E-state index is 4.44. The van der Waals surface area contributed by atoms with Gasteiger partial charge >= 0.3 is 0 Å². The average Bonchev–Trinajstić information content (AvgIpc) is 2.11. The van der Waals surface area contributed by atoms with Gasteiger partial charge in [-0.3, -0.25) is 4.99 Å². The van der Waals surface area contributed by atoms with Gasteiger partial charge in [-0.15, -0.1) is 24.0 Å². The molecule has 0 saturated carbocycles. The van der Waals surface area contributed by atoms with Gasteiger partial charge in [-0.25, -0.2) is 0 Å². The van der Waals surface area contributed by atoms with Gasteiger partial charge in [0, 0.05) is 25.2 Å². The largest absolute Gasteiger partial charge is 0.357 e. The monoisotopic (exact) mass is 342 g/mol. The molecule has 0 aliphatic rings. The zero-order valence-electron chi connectivity index (χ0n) is 11.2. The summed E-state index contributed by atoms with van der Waals surface area (Å²) in [5, 5.41) is 9.78. The molecule has 0 aromatic rings. The standard InChI is InChI=1S/C11H26N4.HI/c1-6-12-10(13-7-2)14-8-9-15-11(3,4)5;/h15H,6-9H2,1-5H3,(H2,12,13,14);1H. The molecule has 0 aliphatic carbocycles. The van der Waals surface area contributed by atoms with Crippen LogP contribution in [-0.2, 0) is 0 Å². The fourth-order valence-electron chi connectivity index (χ4n) is 1.11. The molecule has 0 spiro atoms. The van der Waals surface area contributed by atoms with Gasteiger partial charge < -0.3 is 16.0 Å². The van der Waals surface area contributed by atoms with Crippen molar-refractivity contribution in [2.45, 2.75) is 40.2 Å². The Balaban J connectivity index is 0. The third-order valence-corrected chi connectivity index (χ3v) is 1.73. The van der Waals surface area contributed by atoms with Crippen molar-refractivity contribution < 1.29 is 0 Å². The summed E-state index contributed by atoms with van der Waals surface area (Å²) in [6.45, 7) is 14.1. The maximum Gasteiger partial charge on any atom is 0.191 e. The van der Waals surface area contributed by atoms with Crippen LogP contribution in [0.4, 0.5) is 0 Å². The van der Waals surface area contributed by atoms with E-state index in [1.54, 1.807) is 0 Å². The summed E-state index contributed by atoms with van der Waals surface area (Å²) in [6, 6.07) is 0. The van der Waals surface area contributed by atoms with E-state index in [2.05, 4.69) is 55.6 Å². The van der Waals surface area contributed by atoms with Crippen LogP contribution in [-0.4, -0.2) is 37.7 Å². The van der Waals surface area contributed by atoms with Crippen LogP contribution in [0, 0.1) is 0 Å². The first-order valence-corrected chi connectivity index (χ1v) is 5.76. The van der Waals surface area contributed by atoms with Crippen LogP contribution < -0.4 is 16.0 Å². The van der Waals surface area contributed by atoms with Gasteiger partial charge in [-0.05, 0) is 34.6 Å². The minimum Gasteiger partial charge on any atom is -0.357 e. The molecule has 0 amide bonds. The minimum atomic E-state index is 0. The van der Waals surface area contributed by atoms with Crippen molar-refractivity contribution in [1.29, 1.82) is 0 Å². The first kappa shape index (κ1) is 18.3. The van der Waals surface area contributed by atoms with E-state index < -0.39 is 0 Å². The van der Waals surface area contributed by atoms with Crippen LogP contribution in [0.5, 0.6) is 0 Å². The predicted octanol–water partition coefficient (Wildman–Crippen LogP) is 1.57. The number of guanidine groups is 1. The third kappa shape index (κ3) is 12.0. The number of nitrogens with zero attached hydrogens (tertiary/aromatic N) is 1. The summed E-state index contributed by atoms with van der Waals surface area (Å²) in [6.07, 6.45) is 0. The number of hydrogen-bond donors (Lipinski definition) is 3. The Bertz CT molecular complexity index is 179. The molecule has 0 aromatic heterocycles. The lowest BCUT2D eigenvalue weighted by Crippen LogP contribution is -2.40. The molecule has 5 heteroatoms. The normalized spacial score (nSPS) is 10.3. The molecule has 0 heterocycles. The predicted molar refractivity (Wildman–Crippen MR) is 82.8 cm³/mol. The lowest BCUT2D eigenvalue weighted by Gasteiger charge is -2.19. The quantitative estimate of drug-likeness (QED) is 0.308. The van der Waals surface area contributed by atoms with Crippen molar-refractivity contribution >= 4 is 29.9 Å². The topological polar surface area (TPSA) is 48.5 Å². The van der Waals surface area contributed by atoms with E-state index in [4.69, 9.17) is 0 Å². The molecule has 16 heavy (non-hydrogen) atoms. The van der Waals surface area contributed by atoms with Crippen LogP contribution in [0.25, 0.3) is 0 Å². The van der Waals surface area contributed by atoms with Crippen molar-refractivity contribution in [2.75, 3.05) is 26.2 Å². The van der Waals surface area contributed by atoms with Crippen molar-refractivity contribution in [3.8, 4) is 0 Å². The molecule has 0 unspecified atom stereocenters. The maximum absolute atomic E-state index is 4.44. The first-order chi connectivity index (χ1) is 6.99. The van der Waals surface area contributed by atoms with Gasteiger partial charge in [0.2, 0.25) is 0 Å². The first-order valence-electron chi connectivity index (χ1n) is 5.76. The van der Waals surface area contributed by atoms with Crippen LogP contribution in [0.3, 0.4) is 0 Å². The minimum absolute atomic E-state index is 0. The zero-order valence-corrected chi connectivity index (χ0v) is 13.5. The molecule has 0 radical (unpaired) electrons. The van der Waals surface area contributed by atoms with Crippen LogP contribution in [0.1, 0.15) is 34.6 Å². The second-order valence-electron chi connectivity index (χ2n) is 4.47. The second-order valence-corrected chi connectivity index (χ2v) is 4.47. The SMILES string of the molecule is CCNC(=NCCNC(C)(C)C)NCC.I. The number of nitrogens with one attached hydrogen (secondary N) is 3. The lowest BCUT2D eigenvalue weighted by molar-refractivity contribution is 0.432. The van der Waals surface area contributed by atoms with Crippen molar-refractivity contribution in [3.05, 3.63) is 0 Å². The van der Waals surface area contributed by atoms with Crippen molar-refractivity contribution in [2.24, 2.45) is 4.99 Å². The Hall–Kier alpha value is -0.0400. The van der Waals surface area contributed by atoms with E-state index in [1.807, 2.05) is 0 Å². The van der Waals surface area contributed by atoms with E-state index >= 15 is 0 Å². The van der Waals surface area contributed by atoms with E-state index in [0.717, 1.165) is 32.1 Å². The summed E-state index contributed by atoms with van der Waals surface area (Å²) < 4.78 is 0. The fourth-order valence-corrected chi connectivity index (χ4v) is 1.11. The molecule has 98 valence electrons. The highest BCUT2D eigenvalue weighted by Crippen LogP contribution is 1.96. The van der Waals surface area contributed by atoms with Gasteiger partial charge in [0.05, 0.1) is 6.54 Å². The summed E-state index contributed by atoms with van der Waals surface area (Å²) >= 11 is 0. The van der Waals surface area contributed by atoms with Crippen molar-refractivity contribution in [1.82, 2.24) is 16.0 Å². The summed E-state index contributed by atoms with van der Waals surface area (Å²) in [4.78, 5) is 4.44. The molecule has 0 aliphatic heterocycles. The van der Waals surface area contributed by atoms with E-state index in [-0.39, 0.29) is 29.5 Å². The van der Waals surface area contributed by atoms with E-state index in [0.29, 0.717) is 0 Å². The fraction of sp³-hybridized carbons (Fsp3) is 0.909. The van der Waals surface area contributed by atoms with Crippen LogP contribution in [0.2, 0.25) is 0 Å². The molecule has 0 aromatic carbocycles. The molecule has 0 atom stereocenters. The number of halogens is 1. The molecule has 0 fully saturated rings. The Labute approximate surface area is 117 Å². The smallest absolute Gasteiger partial charge is 0.191 e. The van der Waals surface area contributed by atoms with Gasteiger partial charge in [0.1, 0.15) is 0 Å². The summed E-state index contributed by atoms with van der Waals surface area (Å²) in [5.74, 6) is 0.899. The van der Waals surface area contributed by atoms with Gasteiger partial charge in [-0.2, -0.15) is 0 Å². The van der Waals surface area contributed by atoms with E-state index in [9.17, 15) is 0 Å². The Morgan fingerprint density at radius 2 is 1.56 bits per heavy atom. The molecular weight excluding hydrogens is 315 g/mol. The molecule has 3 N–H and O–H groups in total. The summed E-state index contributed by atoms with van der Waals surface area (Å²) in [7, 11) is 0. The number of rotatable bonds is 5. The average molecular weight is 342 g/mol. The van der Waals surface area contributed by atoms with Crippen LogP contribution in [0.15, 0.2) is 4.99 Å². The molecule has 0 saturated heterocycles. The lowest BCUT2D eigenvalue weighted by atomic mass is 10.1. The third-order valence-electron chi connectivity index (χ3n) is 1.73. The van der Waals surface area contributed by atoms with Crippen molar-refractivity contribution in [3.63, 3.8) is 0 Å². The highest BCUT2D eigenvalue weighted by molar-refractivity contribution is 14.0. The summed E-state index contributed by atoms with van der Waals surface area (Å²) in [5.41, 5.74) is 0.173. The highest BCUT2D eigenvalue weighted by atomic mass is 127. The number of hydrogen-bond acceptors (Lipinski definition) is 2. The Morgan fingerprint density at radius 1 is 1.06 bits per heavy atom. The van der Waals surface area contributed by atoms with Gasteiger partial charge in [0.15, 0.2) is 5.96 Å². The van der Waals surface area contributed by atoms with Gasteiger partial charge in [-0.1, -0.05) is 0 Å². The molecule has 0 bridgehead atoms. The number of aliphatic imine (C=N–C) groups is 1. The van der Waals surface area contributed by atoms with E-state index in [1.165, 1.54) is 0 Å².